The zero-order chi connectivity index (χ0) is 11.9. The first kappa shape index (κ1) is 11.3. The van der Waals surface area contributed by atoms with Gasteiger partial charge in [-0.3, -0.25) is 10.1 Å². The van der Waals surface area contributed by atoms with Crippen molar-refractivity contribution in [2.45, 2.75) is 30.5 Å². The molecule has 0 aromatic heterocycles. The third-order valence-electron chi connectivity index (χ3n) is 2.69. The summed E-state index contributed by atoms with van der Waals surface area (Å²) in [5, 5.41) is 31.9. The monoisotopic (exact) mass is 232 g/mol. The maximum Gasteiger partial charge on any atom is 0.324 e. The summed E-state index contributed by atoms with van der Waals surface area (Å²) in [6.07, 6.45) is -3.70. The Morgan fingerprint density at radius 3 is 2.75 bits per heavy atom. The lowest BCUT2D eigenvalue weighted by Crippen LogP contribution is -2.48. The zero-order valence-corrected chi connectivity index (χ0v) is 8.21. The van der Waals surface area contributed by atoms with E-state index in [4.69, 9.17) is 9.84 Å². The Kier molecular flexibility index (Phi) is 2.58. The van der Waals surface area contributed by atoms with Gasteiger partial charge >= 0.3 is 6.03 Å². The highest BCUT2D eigenvalue weighted by molar-refractivity contribution is 6.06. The Hall–Kier alpha value is -1.22. The van der Waals surface area contributed by atoms with Gasteiger partial charge in [0.15, 0.2) is 0 Å². The Labute approximate surface area is 90.2 Å². The van der Waals surface area contributed by atoms with Gasteiger partial charge in [-0.2, -0.15) is 0 Å². The molecule has 2 aliphatic rings. The predicted molar refractivity (Wildman–Crippen MR) is 48.0 cm³/mol. The van der Waals surface area contributed by atoms with Gasteiger partial charge in [0.2, 0.25) is 5.72 Å². The molecule has 8 heteroatoms. The third kappa shape index (κ3) is 1.55. The van der Waals surface area contributed by atoms with Crippen molar-refractivity contribution in [2.75, 3.05) is 6.61 Å². The predicted octanol–water partition coefficient (Wildman–Crippen LogP) is -2.97. The van der Waals surface area contributed by atoms with Crippen molar-refractivity contribution in [3.05, 3.63) is 0 Å². The first-order chi connectivity index (χ1) is 7.48. The van der Waals surface area contributed by atoms with Crippen LogP contribution in [0.1, 0.15) is 6.42 Å². The molecule has 0 aromatic rings. The Balaban J connectivity index is 2.17. The highest BCUT2D eigenvalue weighted by Gasteiger charge is 2.57. The van der Waals surface area contributed by atoms with Gasteiger partial charge in [-0.15, -0.1) is 0 Å². The van der Waals surface area contributed by atoms with Gasteiger partial charge < -0.3 is 25.4 Å². The van der Waals surface area contributed by atoms with Crippen LogP contribution in [0.15, 0.2) is 0 Å². The highest BCUT2D eigenvalue weighted by Crippen LogP contribution is 2.32. The molecule has 0 radical (unpaired) electrons. The molecule has 4 atom stereocenters. The smallest absolute Gasteiger partial charge is 0.324 e. The van der Waals surface area contributed by atoms with Crippen LogP contribution in [0.5, 0.6) is 0 Å². The number of carbonyl (C=O) groups is 2. The van der Waals surface area contributed by atoms with Crippen LogP contribution in [-0.4, -0.2) is 57.9 Å². The summed E-state index contributed by atoms with van der Waals surface area (Å²) in [7, 11) is 0. The molecular weight excluding hydrogens is 220 g/mol. The Morgan fingerprint density at radius 2 is 2.25 bits per heavy atom. The number of rotatable bonds is 2. The van der Waals surface area contributed by atoms with Crippen LogP contribution in [0.2, 0.25) is 0 Å². The summed E-state index contributed by atoms with van der Waals surface area (Å²) in [6, 6.07) is -0.712. The Bertz CT molecular complexity index is 334. The molecule has 16 heavy (non-hydrogen) atoms. The van der Waals surface area contributed by atoms with Gasteiger partial charge in [-0.25, -0.2) is 4.79 Å². The van der Waals surface area contributed by atoms with Crippen LogP contribution in [0.4, 0.5) is 4.79 Å². The van der Waals surface area contributed by atoms with Crippen molar-refractivity contribution in [1.82, 2.24) is 10.6 Å². The van der Waals surface area contributed by atoms with E-state index in [1.165, 1.54) is 0 Å². The van der Waals surface area contributed by atoms with E-state index in [1.807, 2.05) is 5.32 Å². The number of amides is 3. The van der Waals surface area contributed by atoms with Gasteiger partial charge in [0.05, 0.1) is 12.7 Å². The van der Waals surface area contributed by atoms with Crippen LogP contribution in [0, 0.1) is 0 Å². The molecule has 3 amide bonds. The van der Waals surface area contributed by atoms with Crippen molar-refractivity contribution in [1.29, 1.82) is 0 Å². The second kappa shape index (κ2) is 3.67. The standard InChI is InChI=1S/C8H12N2O6/c11-2-4(13)5-3(12)1-8(16-5)6(14)9-7(15)10-8/h3-5,11-13H,1-2H2,(H2,9,10,14,15)/t3-,4-,5-,8-/m0/s1. The minimum atomic E-state index is -1.63. The average molecular weight is 232 g/mol. The first-order valence-corrected chi connectivity index (χ1v) is 4.77. The second-order valence-electron chi connectivity index (χ2n) is 3.84. The quantitative estimate of drug-likeness (QED) is 0.323. The number of hydrogen-bond donors (Lipinski definition) is 5. The molecule has 2 rings (SSSR count). The number of imide groups is 1. The molecule has 0 bridgehead atoms. The fourth-order valence-corrected chi connectivity index (χ4v) is 1.91. The molecule has 0 unspecified atom stereocenters. The minimum Gasteiger partial charge on any atom is -0.394 e. The minimum absolute atomic E-state index is 0.160. The summed E-state index contributed by atoms with van der Waals surface area (Å²) < 4.78 is 5.15. The number of carbonyl (C=O) groups excluding carboxylic acids is 2. The Morgan fingerprint density at radius 1 is 1.56 bits per heavy atom. The summed E-state index contributed by atoms with van der Waals surface area (Å²) in [6.45, 7) is -0.604. The van der Waals surface area contributed by atoms with Crippen molar-refractivity contribution in [2.24, 2.45) is 0 Å². The van der Waals surface area contributed by atoms with E-state index in [2.05, 4.69) is 5.32 Å². The number of aliphatic hydroxyl groups is 3. The fourth-order valence-electron chi connectivity index (χ4n) is 1.91. The van der Waals surface area contributed by atoms with Crippen molar-refractivity contribution < 1.29 is 29.6 Å². The van der Waals surface area contributed by atoms with E-state index in [0.29, 0.717) is 0 Å². The normalized spacial score (nSPS) is 39.9. The van der Waals surface area contributed by atoms with Crippen LogP contribution >= 0.6 is 0 Å². The lowest BCUT2D eigenvalue weighted by molar-refractivity contribution is -0.152. The van der Waals surface area contributed by atoms with Gasteiger partial charge in [0.1, 0.15) is 12.2 Å². The van der Waals surface area contributed by atoms with Gasteiger partial charge in [0.25, 0.3) is 5.91 Å². The molecule has 0 aliphatic carbocycles. The van der Waals surface area contributed by atoms with Gasteiger partial charge in [-0.05, 0) is 0 Å². The van der Waals surface area contributed by atoms with E-state index in [9.17, 15) is 19.8 Å². The SMILES string of the molecule is O=C1NC(=O)[C@@]2(C[C@H](O)[C@@H]([C@@H](O)CO)O2)N1. The molecule has 8 nitrogen and oxygen atoms in total. The van der Waals surface area contributed by atoms with Gasteiger partial charge in [0, 0.05) is 6.42 Å². The maximum absolute atomic E-state index is 11.4. The zero-order valence-electron chi connectivity index (χ0n) is 8.21. The van der Waals surface area contributed by atoms with E-state index in [-0.39, 0.29) is 6.42 Å². The van der Waals surface area contributed by atoms with E-state index in [0.717, 1.165) is 0 Å². The molecule has 2 fully saturated rings. The molecule has 2 aliphatic heterocycles. The van der Waals surface area contributed by atoms with E-state index in [1.54, 1.807) is 0 Å². The van der Waals surface area contributed by atoms with Crippen LogP contribution in [-0.2, 0) is 9.53 Å². The molecule has 90 valence electrons. The molecule has 2 saturated heterocycles. The lowest BCUT2D eigenvalue weighted by atomic mass is 10.0. The van der Waals surface area contributed by atoms with Crippen molar-refractivity contribution >= 4 is 11.9 Å². The summed E-state index contributed by atoms with van der Waals surface area (Å²) in [5.74, 6) is -0.704. The average Bonchev–Trinajstić information content (AvgIpc) is 2.67. The van der Waals surface area contributed by atoms with Crippen LogP contribution in [0.25, 0.3) is 0 Å². The third-order valence-corrected chi connectivity index (χ3v) is 2.69. The number of hydrogen-bond acceptors (Lipinski definition) is 6. The summed E-state index contributed by atoms with van der Waals surface area (Å²) >= 11 is 0. The van der Waals surface area contributed by atoms with Crippen LogP contribution < -0.4 is 10.6 Å². The number of aliphatic hydroxyl groups excluding tert-OH is 3. The summed E-state index contributed by atoms with van der Waals surface area (Å²) in [5.41, 5.74) is -1.63. The second-order valence-corrected chi connectivity index (χ2v) is 3.84. The van der Waals surface area contributed by atoms with E-state index >= 15 is 0 Å². The van der Waals surface area contributed by atoms with Gasteiger partial charge in [-0.1, -0.05) is 0 Å². The lowest BCUT2D eigenvalue weighted by Gasteiger charge is -2.22. The largest absolute Gasteiger partial charge is 0.394 e. The molecule has 5 N–H and O–H groups in total. The number of urea groups is 1. The van der Waals surface area contributed by atoms with Crippen molar-refractivity contribution in [3.8, 4) is 0 Å². The topological polar surface area (TPSA) is 128 Å². The molecule has 2 heterocycles. The van der Waals surface area contributed by atoms with E-state index < -0.39 is 42.6 Å². The molecule has 0 aromatic carbocycles. The molecule has 0 saturated carbocycles. The molecule has 1 spiro atoms. The highest BCUT2D eigenvalue weighted by atomic mass is 16.6. The summed E-state index contributed by atoms with van der Waals surface area (Å²) in [4.78, 5) is 22.4. The van der Waals surface area contributed by atoms with Crippen LogP contribution in [0.3, 0.4) is 0 Å². The molecular formula is C8H12N2O6. The number of ether oxygens (including phenoxy) is 1. The fraction of sp³-hybridized carbons (Fsp3) is 0.750. The maximum atomic E-state index is 11.4. The first-order valence-electron chi connectivity index (χ1n) is 4.77. The number of nitrogens with one attached hydrogen (secondary N) is 2. The van der Waals surface area contributed by atoms with Crippen molar-refractivity contribution in [3.63, 3.8) is 0 Å².